The Kier molecular flexibility index (Phi) is 2.39. The molecule has 0 saturated carbocycles. The lowest BCUT2D eigenvalue weighted by Crippen LogP contribution is -2.23. The number of fused-ring (bicyclic) bond motifs is 2. The number of aromatic nitrogens is 1. The van der Waals surface area contributed by atoms with Gasteiger partial charge in [0.15, 0.2) is 5.75 Å². The van der Waals surface area contributed by atoms with Gasteiger partial charge < -0.3 is 9.84 Å². The zero-order valence-electron chi connectivity index (χ0n) is 11.0. The third-order valence-corrected chi connectivity index (χ3v) is 3.62. The van der Waals surface area contributed by atoms with Crippen LogP contribution in [0.15, 0.2) is 47.4 Å². The van der Waals surface area contributed by atoms with Crippen molar-refractivity contribution in [2.45, 2.75) is 0 Å². The van der Waals surface area contributed by atoms with Gasteiger partial charge in [0.05, 0.1) is 5.52 Å². The first-order valence-corrected chi connectivity index (χ1v) is 6.46. The van der Waals surface area contributed by atoms with Crippen LogP contribution in [0.1, 0.15) is 10.4 Å². The molecule has 0 radical (unpaired) electrons. The van der Waals surface area contributed by atoms with Crippen LogP contribution < -0.4 is 10.3 Å². The number of carbonyl (C=O) groups is 1. The quantitative estimate of drug-likeness (QED) is 0.586. The Bertz CT molecular complexity index is 1020. The molecule has 1 aliphatic heterocycles. The van der Waals surface area contributed by atoms with E-state index in [0.29, 0.717) is 22.4 Å². The second-order valence-electron chi connectivity index (χ2n) is 4.92. The number of ether oxygens (including phenoxy) is 1. The lowest BCUT2D eigenvalue weighted by atomic mass is 10.0. The molecule has 5 nitrogen and oxygen atoms in total. The van der Waals surface area contributed by atoms with Gasteiger partial charge in [0.1, 0.15) is 17.1 Å². The average Bonchev–Trinajstić information content (AvgIpc) is 2.50. The summed E-state index contributed by atoms with van der Waals surface area (Å²) in [5, 5.41) is 9.13. The van der Waals surface area contributed by atoms with E-state index in [1.807, 2.05) is 0 Å². The zero-order chi connectivity index (χ0) is 15.4. The van der Waals surface area contributed by atoms with Gasteiger partial charge in [0.25, 0.3) is 5.56 Å². The molecular formula is C16H8FNO4. The van der Waals surface area contributed by atoms with Crippen molar-refractivity contribution in [3.05, 3.63) is 64.3 Å². The van der Waals surface area contributed by atoms with Gasteiger partial charge in [-0.3, -0.25) is 9.20 Å². The molecule has 2 aromatic heterocycles. The Morgan fingerprint density at radius 3 is 2.68 bits per heavy atom. The molecule has 108 valence electrons. The lowest BCUT2D eigenvalue weighted by Gasteiger charge is -2.21. The van der Waals surface area contributed by atoms with Gasteiger partial charge >= 0.3 is 5.97 Å². The molecule has 1 N–H and O–H groups in total. The van der Waals surface area contributed by atoms with Crippen LogP contribution in [-0.4, -0.2) is 15.5 Å². The van der Waals surface area contributed by atoms with E-state index in [4.69, 9.17) is 9.84 Å². The minimum absolute atomic E-state index is 0.214. The molecule has 0 atom stereocenters. The molecule has 0 amide bonds. The lowest BCUT2D eigenvalue weighted by molar-refractivity contribution is 0.0694. The standard InChI is InChI=1S/C16H8FNO4/c17-8-5-10-9-3-1-2-4-12(9)22-13-6-11(16(20)21)15(19)18(7-8)14(10)13/h1-7H,(H,20,21). The predicted molar refractivity (Wildman–Crippen MR) is 76.1 cm³/mol. The van der Waals surface area contributed by atoms with Crippen LogP contribution in [0.2, 0.25) is 0 Å². The smallest absolute Gasteiger partial charge is 0.341 e. The number of hydrogen-bond donors (Lipinski definition) is 1. The Morgan fingerprint density at radius 2 is 1.91 bits per heavy atom. The predicted octanol–water partition coefficient (Wildman–Crippen LogP) is 2.91. The maximum Gasteiger partial charge on any atom is 0.341 e. The van der Waals surface area contributed by atoms with Gasteiger partial charge in [-0.05, 0) is 12.1 Å². The summed E-state index contributed by atoms with van der Waals surface area (Å²) in [7, 11) is 0. The highest BCUT2D eigenvalue weighted by molar-refractivity contribution is 5.94. The Morgan fingerprint density at radius 1 is 1.14 bits per heavy atom. The maximum absolute atomic E-state index is 13.9. The van der Waals surface area contributed by atoms with Crippen LogP contribution in [0.4, 0.5) is 4.39 Å². The summed E-state index contributed by atoms with van der Waals surface area (Å²) in [5.74, 6) is -1.32. The number of rotatable bonds is 1. The van der Waals surface area contributed by atoms with Crippen LogP contribution in [-0.2, 0) is 0 Å². The highest BCUT2D eigenvalue weighted by Gasteiger charge is 2.25. The number of hydrogen-bond acceptors (Lipinski definition) is 3. The number of pyridine rings is 2. The van der Waals surface area contributed by atoms with Crippen molar-refractivity contribution >= 4 is 11.5 Å². The number of carboxylic acids is 1. The van der Waals surface area contributed by atoms with Crippen LogP contribution in [0.3, 0.4) is 0 Å². The molecule has 4 rings (SSSR count). The average molecular weight is 297 g/mol. The van der Waals surface area contributed by atoms with E-state index in [1.54, 1.807) is 24.3 Å². The molecule has 1 aromatic carbocycles. The molecule has 0 bridgehead atoms. The summed E-state index contributed by atoms with van der Waals surface area (Å²) < 4.78 is 20.6. The molecule has 0 unspecified atom stereocenters. The topological polar surface area (TPSA) is 68.0 Å². The van der Waals surface area contributed by atoms with E-state index in [9.17, 15) is 14.0 Å². The first kappa shape index (κ1) is 12.6. The van der Waals surface area contributed by atoms with Crippen molar-refractivity contribution in [1.29, 1.82) is 0 Å². The third-order valence-electron chi connectivity index (χ3n) is 3.62. The van der Waals surface area contributed by atoms with E-state index in [-0.39, 0.29) is 5.75 Å². The summed E-state index contributed by atoms with van der Waals surface area (Å²) in [6.45, 7) is 0. The van der Waals surface area contributed by atoms with Crippen LogP contribution in [0, 0.1) is 5.82 Å². The number of benzene rings is 1. The molecular weight excluding hydrogens is 289 g/mol. The number of carboxylic acid groups (broad SMARTS) is 1. The van der Waals surface area contributed by atoms with Gasteiger partial charge in [-0.1, -0.05) is 18.2 Å². The van der Waals surface area contributed by atoms with Crippen molar-refractivity contribution in [3.8, 4) is 22.6 Å². The Labute approximate surface area is 122 Å². The van der Waals surface area contributed by atoms with Gasteiger partial charge in [-0.2, -0.15) is 0 Å². The van der Waals surface area contributed by atoms with Crippen molar-refractivity contribution in [2.75, 3.05) is 0 Å². The molecule has 3 heterocycles. The fourth-order valence-corrected chi connectivity index (χ4v) is 2.70. The van der Waals surface area contributed by atoms with Gasteiger partial charge in [0.2, 0.25) is 0 Å². The highest BCUT2D eigenvalue weighted by Crippen LogP contribution is 2.43. The van der Waals surface area contributed by atoms with Crippen LogP contribution in [0.25, 0.3) is 16.6 Å². The summed E-state index contributed by atoms with van der Waals surface area (Å²) in [5.41, 5.74) is 0.230. The van der Waals surface area contributed by atoms with E-state index >= 15 is 0 Å². The Hall–Kier alpha value is -3.15. The third kappa shape index (κ3) is 1.57. The molecule has 6 heteroatoms. The second kappa shape index (κ2) is 4.17. The van der Waals surface area contributed by atoms with Crippen molar-refractivity contribution in [3.63, 3.8) is 0 Å². The number of aromatic carboxylic acids is 1. The highest BCUT2D eigenvalue weighted by atomic mass is 19.1. The van der Waals surface area contributed by atoms with Gasteiger partial charge in [-0.25, -0.2) is 9.18 Å². The number of para-hydroxylation sites is 1. The van der Waals surface area contributed by atoms with Crippen molar-refractivity contribution in [1.82, 2.24) is 4.40 Å². The van der Waals surface area contributed by atoms with E-state index in [1.165, 1.54) is 12.1 Å². The van der Waals surface area contributed by atoms with Crippen molar-refractivity contribution in [2.24, 2.45) is 0 Å². The second-order valence-corrected chi connectivity index (χ2v) is 4.92. The largest absolute Gasteiger partial charge is 0.477 e. The normalized spacial score (nSPS) is 11.9. The Balaban J connectivity index is 2.23. The molecule has 0 fully saturated rings. The van der Waals surface area contributed by atoms with Crippen molar-refractivity contribution < 1.29 is 19.0 Å². The maximum atomic E-state index is 13.9. The van der Waals surface area contributed by atoms with Gasteiger partial charge in [-0.15, -0.1) is 0 Å². The van der Waals surface area contributed by atoms with E-state index in [2.05, 4.69) is 0 Å². The summed E-state index contributed by atoms with van der Waals surface area (Å²) in [4.78, 5) is 23.4. The summed E-state index contributed by atoms with van der Waals surface area (Å²) >= 11 is 0. The van der Waals surface area contributed by atoms with Gasteiger partial charge in [0, 0.05) is 23.4 Å². The first-order chi connectivity index (χ1) is 10.6. The monoisotopic (exact) mass is 297 g/mol. The molecule has 0 aliphatic carbocycles. The molecule has 0 spiro atoms. The van der Waals surface area contributed by atoms with E-state index < -0.39 is 22.9 Å². The minimum Gasteiger partial charge on any atom is -0.477 e. The molecule has 0 saturated heterocycles. The van der Waals surface area contributed by atoms with Crippen LogP contribution >= 0.6 is 0 Å². The molecule has 3 aromatic rings. The molecule has 22 heavy (non-hydrogen) atoms. The zero-order valence-corrected chi connectivity index (χ0v) is 11.0. The number of halogens is 1. The summed E-state index contributed by atoms with van der Waals surface area (Å²) in [6.07, 6.45) is 0.967. The van der Waals surface area contributed by atoms with E-state index in [0.717, 1.165) is 10.6 Å². The molecule has 1 aliphatic rings. The fourth-order valence-electron chi connectivity index (χ4n) is 2.70. The summed E-state index contributed by atoms with van der Waals surface area (Å²) in [6, 6.07) is 9.47. The number of nitrogens with zero attached hydrogens (tertiary/aromatic N) is 1. The first-order valence-electron chi connectivity index (χ1n) is 6.46. The SMILES string of the molecule is O=C(O)c1cc2c3c(cc(F)cn3c1=O)-c1ccccc1O2. The van der Waals surface area contributed by atoms with Crippen LogP contribution in [0.5, 0.6) is 11.5 Å². The fraction of sp³-hybridized carbons (Fsp3) is 0. The minimum atomic E-state index is -1.39.